The van der Waals surface area contributed by atoms with Gasteiger partial charge in [0, 0.05) is 36.8 Å². The van der Waals surface area contributed by atoms with Gasteiger partial charge in [0.1, 0.15) is 11.4 Å². The Morgan fingerprint density at radius 1 is 1.23 bits per heavy atom. The molecular formula is C21H19FN2O2. The molecule has 4 nitrogen and oxygen atoms in total. The molecule has 26 heavy (non-hydrogen) atoms. The smallest absolute Gasteiger partial charge is 0.259 e. The normalized spacial score (nSPS) is 15.4. The van der Waals surface area contributed by atoms with Crippen molar-refractivity contribution in [3.8, 4) is 0 Å². The summed E-state index contributed by atoms with van der Waals surface area (Å²) < 4.78 is 15.9. The third kappa shape index (κ3) is 2.51. The number of hydrogen-bond acceptors (Lipinski definition) is 2. The van der Waals surface area contributed by atoms with Crippen molar-refractivity contribution in [3.05, 3.63) is 81.4 Å². The molecule has 1 aliphatic rings. The molecule has 2 aromatic carbocycles. The van der Waals surface area contributed by atoms with Crippen molar-refractivity contribution in [3.63, 3.8) is 0 Å². The van der Waals surface area contributed by atoms with Gasteiger partial charge in [-0.15, -0.1) is 0 Å². The highest BCUT2D eigenvalue weighted by atomic mass is 19.1. The quantitative estimate of drug-likeness (QED) is 0.725. The number of carbonyl (C=O) groups is 1. The molecule has 0 bridgehead atoms. The Bertz CT molecular complexity index is 1090. The summed E-state index contributed by atoms with van der Waals surface area (Å²) in [5.41, 5.74) is 2.33. The predicted molar refractivity (Wildman–Crippen MR) is 98.8 cm³/mol. The van der Waals surface area contributed by atoms with E-state index in [0.717, 1.165) is 17.5 Å². The standard InChI is InChI=1S/C21H19FN2O2/c1-13-10-14-7-5-8-16-19(14)24(13)12-17(20(16)25)21(26)23(2)11-15-6-3-4-9-18(15)22/h3-9,12-13H,10-11H2,1-2H3/t13-/m0/s1. The van der Waals surface area contributed by atoms with Crippen LogP contribution in [0, 0.1) is 5.82 Å². The first kappa shape index (κ1) is 16.5. The van der Waals surface area contributed by atoms with Crippen molar-refractivity contribution in [2.45, 2.75) is 25.9 Å². The van der Waals surface area contributed by atoms with Gasteiger partial charge in [0.25, 0.3) is 5.91 Å². The minimum atomic E-state index is -0.395. The zero-order valence-corrected chi connectivity index (χ0v) is 14.7. The van der Waals surface area contributed by atoms with Gasteiger partial charge in [0.15, 0.2) is 0 Å². The Balaban J connectivity index is 1.76. The molecule has 0 radical (unpaired) electrons. The van der Waals surface area contributed by atoms with Crippen molar-refractivity contribution >= 4 is 16.8 Å². The number of hydrogen-bond donors (Lipinski definition) is 0. The molecule has 0 saturated heterocycles. The minimum Gasteiger partial charge on any atom is -0.343 e. The van der Waals surface area contributed by atoms with Crippen molar-refractivity contribution in [2.24, 2.45) is 0 Å². The number of para-hydroxylation sites is 1. The Morgan fingerprint density at radius 3 is 2.77 bits per heavy atom. The molecule has 0 saturated carbocycles. The lowest BCUT2D eigenvalue weighted by Gasteiger charge is -2.19. The van der Waals surface area contributed by atoms with Gasteiger partial charge < -0.3 is 9.47 Å². The van der Waals surface area contributed by atoms with Gasteiger partial charge in [0.2, 0.25) is 5.43 Å². The van der Waals surface area contributed by atoms with Gasteiger partial charge in [-0.1, -0.05) is 30.3 Å². The van der Waals surface area contributed by atoms with E-state index in [4.69, 9.17) is 0 Å². The Labute approximate surface area is 150 Å². The molecule has 0 fully saturated rings. The average molecular weight is 350 g/mol. The third-order valence-corrected chi connectivity index (χ3v) is 5.07. The zero-order chi connectivity index (χ0) is 18.4. The molecule has 0 N–H and O–H groups in total. The van der Waals surface area contributed by atoms with E-state index in [9.17, 15) is 14.0 Å². The maximum absolute atomic E-state index is 13.9. The van der Waals surface area contributed by atoms with Crippen molar-refractivity contribution in [2.75, 3.05) is 7.05 Å². The number of pyridine rings is 1. The van der Waals surface area contributed by atoms with Crippen molar-refractivity contribution < 1.29 is 9.18 Å². The zero-order valence-electron chi connectivity index (χ0n) is 14.7. The number of halogens is 1. The summed E-state index contributed by atoms with van der Waals surface area (Å²) in [6, 6.07) is 12.2. The molecule has 1 amide bonds. The topological polar surface area (TPSA) is 42.3 Å². The lowest BCUT2D eigenvalue weighted by atomic mass is 10.1. The molecular weight excluding hydrogens is 331 g/mol. The fraction of sp³-hybridized carbons (Fsp3) is 0.238. The van der Waals surface area contributed by atoms with Gasteiger partial charge in [-0.2, -0.15) is 0 Å². The van der Waals surface area contributed by atoms with E-state index in [2.05, 4.69) is 6.92 Å². The molecule has 1 aromatic heterocycles. The predicted octanol–water partition coefficient (Wildman–Crippen LogP) is 3.53. The average Bonchev–Trinajstić information content (AvgIpc) is 2.95. The van der Waals surface area contributed by atoms with E-state index in [1.807, 2.05) is 16.7 Å². The van der Waals surface area contributed by atoms with Gasteiger partial charge >= 0.3 is 0 Å². The maximum atomic E-state index is 13.9. The second-order valence-corrected chi connectivity index (χ2v) is 6.90. The number of aromatic nitrogens is 1. The van der Waals surface area contributed by atoms with E-state index >= 15 is 0 Å². The van der Waals surface area contributed by atoms with Crippen LogP contribution in [0.15, 0.2) is 53.5 Å². The first-order valence-electron chi connectivity index (χ1n) is 8.63. The van der Waals surface area contributed by atoms with E-state index in [-0.39, 0.29) is 29.4 Å². The molecule has 1 atom stereocenters. The van der Waals surface area contributed by atoms with Crippen LogP contribution in [-0.2, 0) is 13.0 Å². The van der Waals surface area contributed by atoms with Crippen LogP contribution in [0.5, 0.6) is 0 Å². The summed E-state index contributed by atoms with van der Waals surface area (Å²) >= 11 is 0. The molecule has 132 valence electrons. The number of rotatable bonds is 3. The molecule has 1 aliphatic heterocycles. The Morgan fingerprint density at radius 2 is 2.00 bits per heavy atom. The lowest BCUT2D eigenvalue weighted by molar-refractivity contribution is 0.0782. The van der Waals surface area contributed by atoms with E-state index < -0.39 is 5.91 Å². The molecule has 0 unspecified atom stereocenters. The Kier molecular flexibility index (Phi) is 3.87. The second-order valence-electron chi connectivity index (χ2n) is 6.90. The van der Waals surface area contributed by atoms with Crippen LogP contribution in [0.2, 0.25) is 0 Å². The van der Waals surface area contributed by atoms with Crippen LogP contribution in [0.3, 0.4) is 0 Å². The van der Waals surface area contributed by atoms with Crippen molar-refractivity contribution in [1.29, 1.82) is 0 Å². The first-order valence-corrected chi connectivity index (χ1v) is 8.63. The number of carbonyl (C=O) groups excluding carboxylic acids is 1. The summed E-state index contributed by atoms with van der Waals surface area (Å²) in [6.45, 7) is 2.18. The maximum Gasteiger partial charge on any atom is 0.259 e. The SMILES string of the molecule is C[C@H]1Cc2cccc3c(=O)c(C(=O)N(C)Cc4ccccc4F)cn1c23. The largest absolute Gasteiger partial charge is 0.343 e. The molecule has 0 spiro atoms. The van der Waals surface area contributed by atoms with E-state index in [1.165, 1.54) is 11.0 Å². The third-order valence-electron chi connectivity index (χ3n) is 5.07. The Hall–Kier alpha value is -2.95. The summed E-state index contributed by atoms with van der Waals surface area (Å²) in [4.78, 5) is 27.2. The number of nitrogens with zero attached hydrogens (tertiary/aromatic N) is 2. The number of benzene rings is 2. The van der Waals surface area contributed by atoms with Gasteiger partial charge in [-0.3, -0.25) is 9.59 Å². The lowest BCUT2D eigenvalue weighted by Crippen LogP contribution is -2.31. The molecule has 0 aliphatic carbocycles. The highest BCUT2D eigenvalue weighted by molar-refractivity contribution is 5.98. The first-order chi connectivity index (χ1) is 12.5. The summed E-state index contributed by atoms with van der Waals surface area (Å²) in [5.74, 6) is -0.757. The van der Waals surface area contributed by atoms with Crippen LogP contribution in [0.1, 0.15) is 34.5 Å². The number of amides is 1. The van der Waals surface area contributed by atoms with Crippen LogP contribution in [-0.4, -0.2) is 22.4 Å². The summed E-state index contributed by atoms with van der Waals surface area (Å²) in [6.07, 6.45) is 2.51. The monoisotopic (exact) mass is 350 g/mol. The van der Waals surface area contributed by atoms with Crippen LogP contribution in [0.25, 0.3) is 10.9 Å². The molecule has 5 heteroatoms. The second kappa shape index (κ2) is 6.09. The van der Waals surface area contributed by atoms with Crippen molar-refractivity contribution in [1.82, 2.24) is 9.47 Å². The fourth-order valence-electron chi connectivity index (χ4n) is 3.73. The summed E-state index contributed by atoms with van der Waals surface area (Å²) in [5, 5.41) is 0.567. The minimum absolute atomic E-state index is 0.110. The van der Waals surface area contributed by atoms with E-state index in [1.54, 1.807) is 37.5 Å². The van der Waals surface area contributed by atoms with Gasteiger partial charge in [0.05, 0.1) is 5.52 Å². The molecule has 2 heterocycles. The summed E-state index contributed by atoms with van der Waals surface area (Å²) in [7, 11) is 1.59. The highest BCUT2D eigenvalue weighted by Gasteiger charge is 2.25. The van der Waals surface area contributed by atoms with Crippen LogP contribution < -0.4 is 5.43 Å². The van der Waals surface area contributed by atoms with E-state index in [0.29, 0.717) is 10.9 Å². The van der Waals surface area contributed by atoms with Gasteiger partial charge in [-0.25, -0.2) is 4.39 Å². The van der Waals surface area contributed by atoms with Crippen LogP contribution in [0.4, 0.5) is 4.39 Å². The van der Waals surface area contributed by atoms with Crippen LogP contribution >= 0.6 is 0 Å². The van der Waals surface area contributed by atoms with Gasteiger partial charge in [-0.05, 0) is 31.0 Å². The molecule has 4 rings (SSSR count). The molecule has 3 aromatic rings. The fourth-order valence-corrected chi connectivity index (χ4v) is 3.73. The highest BCUT2D eigenvalue weighted by Crippen LogP contribution is 2.31.